The van der Waals surface area contributed by atoms with Gasteiger partial charge in [0.25, 0.3) is 0 Å². The predicted octanol–water partition coefficient (Wildman–Crippen LogP) is 3.27. The number of hydrogen-bond acceptors (Lipinski definition) is 3. The molecule has 0 radical (unpaired) electrons. The van der Waals surface area contributed by atoms with Gasteiger partial charge < -0.3 is 16.4 Å². The summed E-state index contributed by atoms with van der Waals surface area (Å²) in [6.07, 6.45) is 8.87. The van der Waals surface area contributed by atoms with Gasteiger partial charge in [-0.05, 0) is 43.4 Å². The zero-order valence-electron chi connectivity index (χ0n) is 14.1. The van der Waals surface area contributed by atoms with E-state index in [1.54, 1.807) is 6.07 Å². The van der Waals surface area contributed by atoms with Gasteiger partial charge >= 0.3 is 0 Å². The lowest BCUT2D eigenvalue weighted by molar-refractivity contribution is -0.118. The first-order valence-corrected chi connectivity index (χ1v) is 9.09. The summed E-state index contributed by atoms with van der Waals surface area (Å²) in [5.41, 5.74) is 7.47. The summed E-state index contributed by atoms with van der Waals surface area (Å²) in [6.45, 7) is 0. The smallest absolute Gasteiger partial charge is 0.241 e. The van der Waals surface area contributed by atoms with E-state index in [0.29, 0.717) is 17.3 Å². The number of carbonyl (C=O) groups is 2. The van der Waals surface area contributed by atoms with Crippen molar-refractivity contribution in [3.63, 3.8) is 0 Å². The lowest BCUT2D eigenvalue weighted by Crippen LogP contribution is -2.37. The van der Waals surface area contributed by atoms with Crippen LogP contribution in [0.5, 0.6) is 0 Å². The quantitative estimate of drug-likeness (QED) is 0.749. The molecule has 0 heterocycles. The highest BCUT2D eigenvalue weighted by Crippen LogP contribution is 2.30. The van der Waals surface area contributed by atoms with Crippen molar-refractivity contribution in [3.05, 3.63) is 24.3 Å². The first kappa shape index (κ1) is 17.0. The van der Waals surface area contributed by atoms with Gasteiger partial charge in [0.1, 0.15) is 0 Å². The van der Waals surface area contributed by atoms with Crippen molar-refractivity contribution in [1.29, 1.82) is 0 Å². The van der Waals surface area contributed by atoms with Crippen LogP contribution in [-0.2, 0) is 9.59 Å². The summed E-state index contributed by atoms with van der Waals surface area (Å²) in [6, 6.07) is 6.78. The normalized spacial score (nSPS) is 19.5. The average Bonchev–Trinajstić information content (AvgIpc) is 3.41. The van der Waals surface area contributed by atoms with E-state index < -0.39 is 6.04 Å². The van der Waals surface area contributed by atoms with E-state index in [-0.39, 0.29) is 17.7 Å². The lowest BCUT2D eigenvalue weighted by Gasteiger charge is -2.24. The van der Waals surface area contributed by atoms with E-state index in [9.17, 15) is 9.59 Å². The largest absolute Gasteiger partial charge is 0.326 e. The van der Waals surface area contributed by atoms with Gasteiger partial charge in [0.2, 0.25) is 11.8 Å². The number of nitrogens with one attached hydrogen (secondary N) is 2. The maximum atomic E-state index is 12.3. The van der Waals surface area contributed by atoms with Gasteiger partial charge in [0.15, 0.2) is 0 Å². The van der Waals surface area contributed by atoms with Gasteiger partial charge in [-0.2, -0.15) is 0 Å². The molecule has 2 aliphatic rings. The summed E-state index contributed by atoms with van der Waals surface area (Å²) in [5, 5.41) is 5.77. The second-order valence-electron chi connectivity index (χ2n) is 7.18. The molecular formula is C19H27N3O2. The fourth-order valence-electron chi connectivity index (χ4n) is 3.39. The van der Waals surface area contributed by atoms with E-state index in [0.717, 1.165) is 19.3 Å². The molecule has 0 aliphatic heterocycles. The number of benzene rings is 1. The Kier molecular flexibility index (Phi) is 5.51. The Hall–Kier alpha value is -1.88. The van der Waals surface area contributed by atoms with Crippen LogP contribution >= 0.6 is 0 Å². The fraction of sp³-hybridized carbons (Fsp3) is 0.579. The van der Waals surface area contributed by atoms with Gasteiger partial charge in [0, 0.05) is 17.3 Å². The molecule has 1 unspecified atom stereocenters. The van der Waals surface area contributed by atoms with Crippen LogP contribution in [0.4, 0.5) is 11.4 Å². The minimum atomic E-state index is -0.474. The van der Waals surface area contributed by atoms with Crippen molar-refractivity contribution in [2.75, 3.05) is 10.6 Å². The zero-order chi connectivity index (χ0) is 16.9. The molecule has 2 amide bonds. The highest BCUT2D eigenvalue weighted by molar-refractivity contribution is 5.97. The zero-order valence-corrected chi connectivity index (χ0v) is 14.1. The third-order valence-corrected chi connectivity index (χ3v) is 4.99. The topological polar surface area (TPSA) is 84.2 Å². The van der Waals surface area contributed by atoms with E-state index in [1.165, 1.54) is 32.1 Å². The Balaban J connectivity index is 1.52. The van der Waals surface area contributed by atoms with Crippen molar-refractivity contribution in [2.45, 2.75) is 57.4 Å². The van der Waals surface area contributed by atoms with Crippen molar-refractivity contribution >= 4 is 23.2 Å². The molecule has 1 atom stereocenters. The molecule has 1 aromatic rings. The SMILES string of the molecule is NC(CC1CCCCC1)C(=O)Nc1cccc(NC(=O)C2CC2)c1. The van der Waals surface area contributed by atoms with Gasteiger partial charge in [0.05, 0.1) is 6.04 Å². The molecular weight excluding hydrogens is 302 g/mol. The molecule has 0 bridgehead atoms. The molecule has 3 rings (SSSR count). The van der Waals surface area contributed by atoms with E-state index >= 15 is 0 Å². The molecule has 4 N–H and O–H groups in total. The van der Waals surface area contributed by atoms with E-state index in [2.05, 4.69) is 10.6 Å². The molecule has 0 aromatic heterocycles. The van der Waals surface area contributed by atoms with E-state index in [1.807, 2.05) is 18.2 Å². The molecule has 24 heavy (non-hydrogen) atoms. The second-order valence-corrected chi connectivity index (χ2v) is 7.18. The Bertz CT molecular complexity index is 592. The molecule has 2 aliphatic carbocycles. The first-order valence-electron chi connectivity index (χ1n) is 9.09. The van der Waals surface area contributed by atoms with Crippen LogP contribution in [0.2, 0.25) is 0 Å². The molecule has 2 fully saturated rings. The van der Waals surface area contributed by atoms with Crippen LogP contribution in [0.1, 0.15) is 51.4 Å². The van der Waals surface area contributed by atoms with Crippen LogP contribution in [0, 0.1) is 11.8 Å². The minimum absolute atomic E-state index is 0.0625. The second kappa shape index (κ2) is 7.79. The van der Waals surface area contributed by atoms with Gasteiger partial charge in [-0.15, -0.1) is 0 Å². The van der Waals surface area contributed by atoms with Crippen molar-refractivity contribution in [1.82, 2.24) is 0 Å². The molecule has 130 valence electrons. The monoisotopic (exact) mass is 329 g/mol. The molecule has 5 nitrogen and oxygen atoms in total. The fourth-order valence-corrected chi connectivity index (χ4v) is 3.39. The third kappa shape index (κ3) is 4.81. The van der Waals surface area contributed by atoms with Crippen molar-refractivity contribution in [2.24, 2.45) is 17.6 Å². The Morgan fingerprint density at radius 1 is 1.04 bits per heavy atom. The highest BCUT2D eigenvalue weighted by atomic mass is 16.2. The molecule has 0 spiro atoms. The predicted molar refractivity (Wildman–Crippen MR) is 95.6 cm³/mol. The maximum absolute atomic E-state index is 12.3. The van der Waals surface area contributed by atoms with Crippen LogP contribution in [0.15, 0.2) is 24.3 Å². The van der Waals surface area contributed by atoms with E-state index in [4.69, 9.17) is 5.73 Å². The van der Waals surface area contributed by atoms with Crippen LogP contribution in [0.3, 0.4) is 0 Å². The number of carbonyl (C=O) groups excluding carboxylic acids is 2. The Labute approximate surface area is 143 Å². The van der Waals surface area contributed by atoms with Gasteiger partial charge in [-0.25, -0.2) is 0 Å². The summed E-state index contributed by atoms with van der Waals surface area (Å²) in [7, 11) is 0. The Morgan fingerprint density at radius 3 is 2.38 bits per heavy atom. The maximum Gasteiger partial charge on any atom is 0.241 e. The third-order valence-electron chi connectivity index (χ3n) is 4.99. The van der Waals surface area contributed by atoms with Crippen molar-refractivity contribution in [3.8, 4) is 0 Å². The van der Waals surface area contributed by atoms with Crippen LogP contribution in [0.25, 0.3) is 0 Å². The van der Waals surface area contributed by atoms with Gasteiger partial charge in [-0.1, -0.05) is 38.2 Å². The van der Waals surface area contributed by atoms with Crippen LogP contribution < -0.4 is 16.4 Å². The summed E-state index contributed by atoms with van der Waals surface area (Å²) in [4.78, 5) is 24.1. The Morgan fingerprint density at radius 2 is 1.71 bits per heavy atom. The summed E-state index contributed by atoms with van der Waals surface area (Å²) < 4.78 is 0. The number of hydrogen-bond donors (Lipinski definition) is 3. The highest BCUT2D eigenvalue weighted by Gasteiger charge is 2.29. The van der Waals surface area contributed by atoms with Crippen molar-refractivity contribution < 1.29 is 9.59 Å². The first-order chi connectivity index (χ1) is 11.6. The molecule has 1 aromatic carbocycles. The lowest BCUT2D eigenvalue weighted by atomic mass is 9.85. The average molecular weight is 329 g/mol. The molecule has 0 saturated heterocycles. The van der Waals surface area contributed by atoms with Gasteiger partial charge in [-0.3, -0.25) is 9.59 Å². The number of nitrogens with two attached hydrogens (primary N) is 1. The number of rotatable bonds is 6. The summed E-state index contributed by atoms with van der Waals surface area (Å²) in [5.74, 6) is 0.648. The standard InChI is InChI=1S/C19H27N3O2/c20-17(11-13-5-2-1-3-6-13)19(24)22-16-8-4-7-15(12-16)21-18(23)14-9-10-14/h4,7-8,12-14,17H,1-3,5-6,9-11,20H2,(H,21,23)(H,22,24). The number of amides is 2. The van der Waals surface area contributed by atoms with Crippen LogP contribution in [-0.4, -0.2) is 17.9 Å². The molecule has 5 heteroatoms. The number of anilines is 2. The summed E-state index contributed by atoms with van der Waals surface area (Å²) >= 11 is 0. The minimum Gasteiger partial charge on any atom is -0.326 e. The molecule has 2 saturated carbocycles.